The van der Waals surface area contributed by atoms with E-state index in [-0.39, 0.29) is 5.97 Å². The summed E-state index contributed by atoms with van der Waals surface area (Å²) in [5, 5.41) is 0. The van der Waals surface area contributed by atoms with Crippen LogP contribution in [0, 0.1) is 0 Å². The minimum Gasteiger partial charge on any atom is -0.466 e. The smallest absolute Gasteiger partial charge is 0.306 e. The summed E-state index contributed by atoms with van der Waals surface area (Å²) in [6.07, 6.45) is 4.31. The van der Waals surface area contributed by atoms with Crippen molar-refractivity contribution in [3.05, 3.63) is 29.6 Å². The Labute approximate surface area is 89.5 Å². The topological polar surface area (TPSA) is 39.2 Å². The van der Waals surface area contributed by atoms with Crippen LogP contribution in [-0.2, 0) is 16.0 Å². The zero-order chi connectivity index (χ0) is 10.7. The number of pyridine rings is 1. The van der Waals surface area contributed by atoms with Crippen molar-refractivity contribution in [3.63, 3.8) is 0 Å². The molecule has 15 heavy (non-hydrogen) atoms. The average Bonchev–Trinajstić information content (AvgIpc) is 2.62. The van der Waals surface area contributed by atoms with E-state index in [1.54, 1.807) is 0 Å². The lowest BCUT2D eigenvalue weighted by Gasteiger charge is -2.09. The second-order valence-corrected chi connectivity index (χ2v) is 3.78. The molecule has 0 bridgehead atoms. The Morgan fingerprint density at radius 2 is 2.53 bits per heavy atom. The van der Waals surface area contributed by atoms with Gasteiger partial charge in [0.05, 0.1) is 13.0 Å². The predicted molar refractivity (Wildman–Crippen MR) is 56.5 cm³/mol. The third kappa shape index (κ3) is 2.17. The van der Waals surface area contributed by atoms with Crippen molar-refractivity contribution in [2.45, 2.75) is 32.1 Å². The van der Waals surface area contributed by atoms with E-state index in [1.165, 1.54) is 5.56 Å². The summed E-state index contributed by atoms with van der Waals surface area (Å²) in [5.41, 5.74) is 2.37. The largest absolute Gasteiger partial charge is 0.466 e. The van der Waals surface area contributed by atoms with Gasteiger partial charge in [0.15, 0.2) is 0 Å². The predicted octanol–water partition coefficient (Wildman–Crippen LogP) is 2.06. The molecule has 1 atom stereocenters. The van der Waals surface area contributed by atoms with Crippen LogP contribution in [0.3, 0.4) is 0 Å². The highest BCUT2D eigenvalue weighted by atomic mass is 16.5. The van der Waals surface area contributed by atoms with Gasteiger partial charge in [0.1, 0.15) is 0 Å². The highest BCUT2D eigenvalue weighted by Gasteiger charge is 2.25. The van der Waals surface area contributed by atoms with Gasteiger partial charge in [0, 0.05) is 11.9 Å². The van der Waals surface area contributed by atoms with E-state index in [4.69, 9.17) is 4.74 Å². The maximum absolute atomic E-state index is 11.4. The van der Waals surface area contributed by atoms with Gasteiger partial charge in [-0.15, -0.1) is 0 Å². The molecule has 3 nitrogen and oxygen atoms in total. The molecule has 1 aliphatic rings. The van der Waals surface area contributed by atoms with E-state index in [0.717, 1.165) is 18.5 Å². The first-order chi connectivity index (χ1) is 7.31. The third-order valence-electron chi connectivity index (χ3n) is 2.81. The van der Waals surface area contributed by atoms with Crippen molar-refractivity contribution in [1.82, 2.24) is 4.98 Å². The number of ether oxygens (including phenoxy) is 1. The Morgan fingerprint density at radius 1 is 1.67 bits per heavy atom. The van der Waals surface area contributed by atoms with Gasteiger partial charge in [-0.1, -0.05) is 6.07 Å². The Balaban J connectivity index is 2.04. The fourth-order valence-corrected chi connectivity index (χ4v) is 2.13. The number of esters is 1. The number of hydrogen-bond acceptors (Lipinski definition) is 3. The molecule has 1 aromatic heterocycles. The molecule has 0 saturated heterocycles. The van der Waals surface area contributed by atoms with Gasteiger partial charge in [0.25, 0.3) is 0 Å². The van der Waals surface area contributed by atoms with E-state index in [9.17, 15) is 4.79 Å². The lowest BCUT2D eigenvalue weighted by molar-refractivity contribution is -0.143. The fraction of sp³-hybridized carbons (Fsp3) is 0.500. The maximum Gasteiger partial charge on any atom is 0.306 e. The molecule has 1 aromatic rings. The Hall–Kier alpha value is -1.38. The van der Waals surface area contributed by atoms with Crippen molar-refractivity contribution >= 4 is 5.97 Å². The monoisotopic (exact) mass is 205 g/mol. The average molecular weight is 205 g/mol. The van der Waals surface area contributed by atoms with Crippen LogP contribution in [0.2, 0.25) is 0 Å². The zero-order valence-electron chi connectivity index (χ0n) is 8.90. The van der Waals surface area contributed by atoms with Crippen LogP contribution in [0.25, 0.3) is 0 Å². The summed E-state index contributed by atoms with van der Waals surface area (Å²) in [6.45, 7) is 2.30. The molecule has 1 unspecified atom stereocenters. The van der Waals surface area contributed by atoms with Crippen LogP contribution in [0.15, 0.2) is 18.3 Å². The summed E-state index contributed by atoms with van der Waals surface area (Å²) >= 11 is 0. The molecule has 0 aromatic carbocycles. The van der Waals surface area contributed by atoms with Gasteiger partial charge in [-0.05, 0) is 37.3 Å². The van der Waals surface area contributed by atoms with E-state index in [2.05, 4.69) is 11.1 Å². The van der Waals surface area contributed by atoms with Crippen LogP contribution in [0.1, 0.15) is 36.9 Å². The molecule has 80 valence electrons. The van der Waals surface area contributed by atoms with Gasteiger partial charge in [-0.3, -0.25) is 9.78 Å². The standard InChI is InChI=1S/C12H15NO2/c1-2-15-12(14)8-9-5-6-11-10(9)4-3-7-13-11/h3-4,7,9H,2,5-6,8H2,1H3. The second kappa shape index (κ2) is 4.43. The molecule has 0 radical (unpaired) electrons. The van der Waals surface area contributed by atoms with Crippen molar-refractivity contribution in [2.75, 3.05) is 6.61 Å². The summed E-state index contributed by atoms with van der Waals surface area (Å²) in [4.78, 5) is 15.7. The van der Waals surface area contributed by atoms with E-state index >= 15 is 0 Å². The molecule has 1 aliphatic carbocycles. The number of hydrogen-bond donors (Lipinski definition) is 0. The first-order valence-corrected chi connectivity index (χ1v) is 5.40. The quantitative estimate of drug-likeness (QED) is 0.709. The number of rotatable bonds is 3. The number of carbonyl (C=O) groups excluding carboxylic acids is 1. The van der Waals surface area contributed by atoms with Crippen LogP contribution >= 0.6 is 0 Å². The number of nitrogens with zero attached hydrogens (tertiary/aromatic N) is 1. The van der Waals surface area contributed by atoms with E-state index in [0.29, 0.717) is 18.9 Å². The molecule has 0 amide bonds. The van der Waals surface area contributed by atoms with Crippen LogP contribution < -0.4 is 0 Å². The molecule has 0 N–H and O–H groups in total. The minimum atomic E-state index is -0.0980. The number of fused-ring (bicyclic) bond motifs is 1. The second-order valence-electron chi connectivity index (χ2n) is 3.78. The summed E-state index contributed by atoms with van der Waals surface area (Å²) < 4.78 is 4.96. The first kappa shape index (κ1) is 10.1. The SMILES string of the molecule is CCOC(=O)CC1CCc2ncccc21. The molecular formula is C12H15NO2. The van der Waals surface area contributed by atoms with Crippen LogP contribution in [-0.4, -0.2) is 17.6 Å². The van der Waals surface area contributed by atoms with Gasteiger partial charge in [-0.2, -0.15) is 0 Å². The molecule has 1 heterocycles. The Kier molecular flexibility index (Phi) is 2.99. The molecule has 0 fully saturated rings. The van der Waals surface area contributed by atoms with Crippen molar-refractivity contribution in [1.29, 1.82) is 0 Å². The summed E-state index contributed by atoms with van der Waals surface area (Å²) in [5.74, 6) is 0.215. The highest BCUT2D eigenvalue weighted by molar-refractivity contribution is 5.70. The van der Waals surface area contributed by atoms with Crippen LogP contribution in [0.5, 0.6) is 0 Å². The molecular weight excluding hydrogens is 190 g/mol. The Bertz CT molecular complexity index is 362. The van der Waals surface area contributed by atoms with E-state index < -0.39 is 0 Å². The van der Waals surface area contributed by atoms with Crippen molar-refractivity contribution in [3.8, 4) is 0 Å². The Morgan fingerprint density at radius 3 is 3.33 bits per heavy atom. The maximum atomic E-state index is 11.4. The number of aromatic nitrogens is 1. The molecule has 0 aliphatic heterocycles. The fourth-order valence-electron chi connectivity index (χ4n) is 2.13. The minimum absolute atomic E-state index is 0.0980. The third-order valence-corrected chi connectivity index (χ3v) is 2.81. The van der Waals surface area contributed by atoms with E-state index in [1.807, 2.05) is 19.2 Å². The normalized spacial score (nSPS) is 18.6. The van der Waals surface area contributed by atoms with Crippen molar-refractivity contribution < 1.29 is 9.53 Å². The van der Waals surface area contributed by atoms with Crippen LogP contribution in [0.4, 0.5) is 0 Å². The molecule has 3 heteroatoms. The lowest BCUT2D eigenvalue weighted by Crippen LogP contribution is -2.08. The van der Waals surface area contributed by atoms with Gasteiger partial charge < -0.3 is 4.74 Å². The number of aryl methyl sites for hydroxylation is 1. The zero-order valence-corrected chi connectivity index (χ0v) is 8.90. The lowest BCUT2D eigenvalue weighted by atomic mass is 9.99. The van der Waals surface area contributed by atoms with Gasteiger partial charge in [-0.25, -0.2) is 0 Å². The first-order valence-electron chi connectivity index (χ1n) is 5.40. The van der Waals surface area contributed by atoms with Gasteiger partial charge in [0.2, 0.25) is 0 Å². The summed E-state index contributed by atoms with van der Waals surface area (Å²) in [6, 6.07) is 4.00. The van der Waals surface area contributed by atoms with Gasteiger partial charge >= 0.3 is 5.97 Å². The molecule has 0 spiro atoms. The summed E-state index contributed by atoms with van der Waals surface area (Å²) in [7, 11) is 0. The molecule has 2 rings (SSSR count). The number of carbonyl (C=O) groups is 1. The molecule has 0 saturated carbocycles. The van der Waals surface area contributed by atoms with Crippen molar-refractivity contribution in [2.24, 2.45) is 0 Å². The highest BCUT2D eigenvalue weighted by Crippen LogP contribution is 2.34.